The van der Waals surface area contributed by atoms with Crippen LogP contribution in [0.25, 0.3) is 0 Å². The van der Waals surface area contributed by atoms with Crippen LogP contribution in [0.1, 0.15) is 31.0 Å². The van der Waals surface area contributed by atoms with Crippen molar-refractivity contribution in [2.24, 2.45) is 0 Å². The molecule has 0 radical (unpaired) electrons. The predicted octanol–water partition coefficient (Wildman–Crippen LogP) is 3.82. The van der Waals surface area contributed by atoms with Crippen molar-refractivity contribution in [1.82, 2.24) is 15.0 Å². The van der Waals surface area contributed by atoms with Crippen molar-refractivity contribution in [2.75, 3.05) is 11.4 Å². The molecule has 22 heavy (non-hydrogen) atoms. The van der Waals surface area contributed by atoms with Gasteiger partial charge in [-0.05, 0) is 25.0 Å². The molecule has 1 aliphatic heterocycles. The third kappa shape index (κ3) is 2.05. The Bertz CT molecular complexity index is 755. The third-order valence-electron chi connectivity index (χ3n) is 4.36. The molecule has 2 aromatic rings. The van der Waals surface area contributed by atoms with E-state index in [4.69, 9.17) is 11.6 Å². The van der Waals surface area contributed by atoms with Gasteiger partial charge in [-0.15, -0.1) is 0 Å². The van der Waals surface area contributed by atoms with Crippen LogP contribution in [0.2, 0.25) is 5.15 Å². The first-order chi connectivity index (χ1) is 10.4. The highest BCUT2D eigenvalue weighted by Gasteiger charge is 2.53. The fraction of sp³-hybridized carbons (Fsp3) is 0.400. The van der Waals surface area contributed by atoms with Gasteiger partial charge in [-0.3, -0.25) is 0 Å². The summed E-state index contributed by atoms with van der Waals surface area (Å²) in [6.07, 6.45) is 5.27. The van der Waals surface area contributed by atoms with Crippen molar-refractivity contribution in [3.05, 3.63) is 40.9 Å². The number of aromatic nitrogens is 3. The molecule has 7 heteroatoms. The first-order valence-electron chi connectivity index (χ1n) is 7.04. The van der Waals surface area contributed by atoms with Crippen molar-refractivity contribution in [3.8, 4) is 0 Å². The molecule has 1 aliphatic carbocycles. The van der Waals surface area contributed by atoms with Crippen LogP contribution in [0.5, 0.6) is 0 Å². The molecule has 1 saturated carbocycles. The predicted molar refractivity (Wildman–Crippen MR) is 78.8 cm³/mol. The van der Waals surface area contributed by atoms with E-state index >= 15 is 0 Å². The van der Waals surface area contributed by atoms with Gasteiger partial charge >= 0.3 is 0 Å². The standard InChI is InChI=1S/C15H13ClF2N4/c1-14(17,18)11-2-5-19-13(21-11)22-8-15(3-4-15)9-7-20-12(16)6-10(9)22/h2,5-7H,3-4,8H2,1H3. The van der Waals surface area contributed by atoms with Gasteiger partial charge in [0.1, 0.15) is 10.8 Å². The molecular formula is C15H13ClF2N4. The van der Waals surface area contributed by atoms with Crippen LogP contribution in [0, 0.1) is 0 Å². The summed E-state index contributed by atoms with van der Waals surface area (Å²) in [5.74, 6) is -2.71. The largest absolute Gasteiger partial charge is 0.309 e. The lowest BCUT2D eigenvalue weighted by Gasteiger charge is -2.19. The van der Waals surface area contributed by atoms with E-state index in [1.807, 2.05) is 4.90 Å². The summed E-state index contributed by atoms with van der Waals surface area (Å²) in [6, 6.07) is 3.00. The van der Waals surface area contributed by atoms with Crippen LogP contribution in [-0.2, 0) is 11.3 Å². The van der Waals surface area contributed by atoms with Gasteiger partial charge in [-0.2, -0.15) is 8.78 Å². The molecule has 1 spiro atoms. The monoisotopic (exact) mass is 322 g/mol. The first kappa shape index (κ1) is 13.8. The van der Waals surface area contributed by atoms with E-state index < -0.39 is 5.92 Å². The van der Waals surface area contributed by atoms with Crippen LogP contribution in [0.3, 0.4) is 0 Å². The van der Waals surface area contributed by atoms with E-state index in [-0.39, 0.29) is 17.1 Å². The van der Waals surface area contributed by atoms with E-state index in [1.54, 1.807) is 12.3 Å². The SMILES string of the molecule is CC(F)(F)c1ccnc(N2CC3(CC3)c3cnc(Cl)cc32)n1. The summed E-state index contributed by atoms with van der Waals surface area (Å²) in [5, 5.41) is 0.374. The van der Waals surface area contributed by atoms with Crippen LogP contribution in [-0.4, -0.2) is 21.5 Å². The minimum absolute atomic E-state index is 0.0566. The van der Waals surface area contributed by atoms with Crippen molar-refractivity contribution in [2.45, 2.75) is 31.1 Å². The van der Waals surface area contributed by atoms with E-state index in [2.05, 4.69) is 15.0 Å². The molecule has 0 unspecified atom stereocenters. The van der Waals surface area contributed by atoms with E-state index in [0.29, 0.717) is 11.7 Å². The number of halogens is 3. The van der Waals surface area contributed by atoms with Gasteiger partial charge in [0.2, 0.25) is 5.95 Å². The number of fused-ring (bicyclic) bond motifs is 2. The number of hydrogen-bond donors (Lipinski definition) is 0. The van der Waals surface area contributed by atoms with Gasteiger partial charge in [-0.25, -0.2) is 15.0 Å². The molecule has 4 nitrogen and oxygen atoms in total. The summed E-state index contributed by atoms with van der Waals surface area (Å²) in [6.45, 7) is 1.52. The summed E-state index contributed by atoms with van der Waals surface area (Å²) >= 11 is 5.99. The zero-order valence-electron chi connectivity index (χ0n) is 11.9. The molecule has 2 aromatic heterocycles. The van der Waals surface area contributed by atoms with Crippen molar-refractivity contribution < 1.29 is 8.78 Å². The Morgan fingerprint density at radius 3 is 2.77 bits per heavy atom. The number of hydrogen-bond acceptors (Lipinski definition) is 4. The minimum atomic E-state index is -2.99. The van der Waals surface area contributed by atoms with E-state index in [9.17, 15) is 8.78 Å². The lowest BCUT2D eigenvalue weighted by molar-refractivity contribution is 0.0127. The molecule has 114 valence electrons. The average Bonchev–Trinajstić information content (AvgIpc) is 3.17. The Hall–Kier alpha value is -1.82. The zero-order chi connectivity index (χ0) is 15.5. The number of nitrogens with zero attached hydrogens (tertiary/aromatic N) is 4. The number of anilines is 2. The van der Waals surface area contributed by atoms with Gasteiger partial charge < -0.3 is 4.90 Å². The van der Waals surface area contributed by atoms with Gasteiger partial charge in [-0.1, -0.05) is 11.6 Å². The Morgan fingerprint density at radius 2 is 2.09 bits per heavy atom. The quantitative estimate of drug-likeness (QED) is 0.788. The highest BCUT2D eigenvalue weighted by molar-refractivity contribution is 6.29. The summed E-state index contributed by atoms with van der Waals surface area (Å²) in [5.41, 5.74) is 1.75. The van der Waals surface area contributed by atoms with Crippen LogP contribution in [0.4, 0.5) is 20.4 Å². The maximum Gasteiger partial charge on any atom is 0.287 e. The van der Waals surface area contributed by atoms with Crippen molar-refractivity contribution in [1.29, 1.82) is 0 Å². The van der Waals surface area contributed by atoms with Gasteiger partial charge in [0.15, 0.2) is 0 Å². The molecule has 0 amide bonds. The summed E-state index contributed by atoms with van der Waals surface area (Å²) < 4.78 is 27.0. The van der Waals surface area contributed by atoms with E-state index in [1.165, 1.54) is 12.3 Å². The second-order valence-corrected chi connectivity index (χ2v) is 6.41. The second kappa shape index (κ2) is 4.35. The fourth-order valence-corrected chi connectivity index (χ4v) is 3.16. The van der Waals surface area contributed by atoms with Gasteiger partial charge in [0.25, 0.3) is 5.92 Å². The Kier molecular flexibility index (Phi) is 2.73. The van der Waals surface area contributed by atoms with E-state index in [0.717, 1.165) is 31.0 Å². The topological polar surface area (TPSA) is 41.9 Å². The normalized spacial score (nSPS) is 18.6. The molecule has 0 atom stereocenters. The van der Waals surface area contributed by atoms with Crippen LogP contribution >= 0.6 is 11.6 Å². The van der Waals surface area contributed by atoms with Gasteiger partial charge in [0, 0.05) is 36.8 Å². The Labute approximate surface area is 131 Å². The Morgan fingerprint density at radius 1 is 1.32 bits per heavy atom. The average molecular weight is 323 g/mol. The fourth-order valence-electron chi connectivity index (χ4n) is 3.00. The lowest BCUT2D eigenvalue weighted by atomic mass is 10.0. The van der Waals surface area contributed by atoms with Crippen molar-refractivity contribution >= 4 is 23.2 Å². The highest BCUT2D eigenvalue weighted by Crippen LogP contribution is 2.57. The van der Waals surface area contributed by atoms with Crippen LogP contribution < -0.4 is 4.90 Å². The highest BCUT2D eigenvalue weighted by atomic mass is 35.5. The minimum Gasteiger partial charge on any atom is -0.309 e. The summed E-state index contributed by atoms with van der Waals surface area (Å²) in [7, 11) is 0. The van der Waals surface area contributed by atoms with Crippen LogP contribution in [0.15, 0.2) is 24.5 Å². The summed E-state index contributed by atoms with van der Waals surface area (Å²) in [4.78, 5) is 14.2. The zero-order valence-corrected chi connectivity index (χ0v) is 12.6. The molecule has 3 heterocycles. The third-order valence-corrected chi connectivity index (χ3v) is 4.57. The number of rotatable bonds is 2. The molecule has 0 N–H and O–H groups in total. The maximum absolute atomic E-state index is 13.5. The molecule has 2 aliphatic rings. The molecular weight excluding hydrogens is 310 g/mol. The van der Waals surface area contributed by atoms with Crippen molar-refractivity contribution in [3.63, 3.8) is 0 Å². The smallest absolute Gasteiger partial charge is 0.287 e. The molecule has 0 aromatic carbocycles. The maximum atomic E-state index is 13.5. The number of alkyl halides is 2. The molecule has 4 rings (SSSR count). The molecule has 0 saturated heterocycles. The number of pyridine rings is 1. The van der Waals surface area contributed by atoms with Gasteiger partial charge in [0.05, 0.1) is 5.69 Å². The first-order valence-corrected chi connectivity index (χ1v) is 7.42. The lowest BCUT2D eigenvalue weighted by Crippen LogP contribution is -2.22. The molecule has 1 fully saturated rings. The second-order valence-electron chi connectivity index (χ2n) is 6.02. The Balaban J connectivity index is 1.81. The molecule has 0 bridgehead atoms.